The first kappa shape index (κ1) is 10.6. The summed E-state index contributed by atoms with van der Waals surface area (Å²) < 4.78 is 9.24. The molecule has 0 radical (unpaired) electrons. The third-order valence-corrected chi connectivity index (χ3v) is 1.59. The summed E-state index contributed by atoms with van der Waals surface area (Å²) in [7, 11) is 1.35. The molecule has 0 atom stereocenters. The van der Waals surface area contributed by atoms with Crippen molar-refractivity contribution in [2.75, 3.05) is 20.2 Å². The lowest BCUT2D eigenvalue weighted by atomic mass is 10.4. The van der Waals surface area contributed by atoms with E-state index in [1.807, 2.05) is 0 Å². The van der Waals surface area contributed by atoms with Gasteiger partial charge in [0, 0.05) is 19.9 Å². The standard InChI is InChI=1S/C8H13N3O3/c1-6-10-7(11-14-6)3-4-9-5-8(12)13-2/h9H,3-5H2,1-2H3. The quantitative estimate of drug-likeness (QED) is 0.517. The Bertz CT molecular complexity index is 298. The molecule has 0 aliphatic carbocycles. The maximum Gasteiger partial charge on any atom is 0.319 e. The molecule has 6 nitrogen and oxygen atoms in total. The van der Waals surface area contributed by atoms with Crippen LogP contribution < -0.4 is 5.32 Å². The number of aryl methyl sites for hydroxylation is 1. The number of ether oxygens (including phenoxy) is 1. The van der Waals surface area contributed by atoms with Crippen LogP contribution in [-0.4, -0.2) is 36.3 Å². The summed E-state index contributed by atoms with van der Waals surface area (Å²) in [6.07, 6.45) is 0.633. The van der Waals surface area contributed by atoms with E-state index >= 15 is 0 Å². The minimum absolute atomic E-state index is 0.202. The molecule has 0 bridgehead atoms. The Hall–Kier alpha value is -1.43. The van der Waals surface area contributed by atoms with Gasteiger partial charge in [0.1, 0.15) is 0 Å². The van der Waals surface area contributed by atoms with Crippen molar-refractivity contribution in [3.8, 4) is 0 Å². The van der Waals surface area contributed by atoms with Crippen molar-refractivity contribution in [1.82, 2.24) is 15.5 Å². The SMILES string of the molecule is COC(=O)CNCCc1noc(C)n1. The highest BCUT2D eigenvalue weighted by Crippen LogP contribution is 1.94. The minimum Gasteiger partial charge on any atom is -0.468 e. The van der Waals surface area contributed by atoms with E-state index in [4.69, 9.17) is 4.52 Å². The Morgan fingerprint density at radius 2 is 2.43 bits per heavy atom. The Labute approximate surface area is 81.6 Å². The number of hydrogen-bond acceptors (Lipinski definition) is 6. The van der Waals surface area contributed by atoms with Crippen LogP contribution in [0.25, 0.3) is 0 Å². The van der Waals surface area contributed by atoms with Gasteiger partial charge in [0.25, 0.3) is 0 Å². The van der Waals surface area contributed by atoms with Gasteiger partial charge in [-0.3, -0.25) is 4.79 Å². The molecule has 0 saturated heterocycles. The first-order chi connectivity index (χ1) is 6.72. The number of nitrogens with zero attached hydrogens (tertiary/aromatic N) is 2. The van der Waals surface area contributed by atoms with Gasteiger partial charge < -0.3 is 14.6 Å². The van der Waals surface area contributed by atoms with Crippen LogP contribution in [0.4, 0.5) is 0 Å². The number of rotatable bonds is 5. The largest absolute Gasteiger partial charge is 0.468 e. The topological polar surface area (TPSA) is 77.2 Å². The number of aromatic nitrogens is 2. The second-order valence-corrected chi connectivity index (χ2v) is 2.73. The summed E-state index contributed by atoms with van der Waals surface area (Å²) in [5.41, 5.74) is 0. The van der Waals surface area contributed by atoms with E-state index < -0.39 is 0 Å². The zero-order valence-corrected chi connectivity index (χ0v) is 8.24. The molecule has 14 heavy (non-hydrogen) atoms. The van der Waals surface area contributed by atoms with Crippen molar-refractivity contribution in [2.45, 2.75) is 13.3 Å². The molecule has 0 unspecified atom stereocenters. The first-order valence-corrected chi connectivity index (χ1v) is 4.29. The highest BCUT2D eigenvalue weighted by Gasteiger charge is 2.02. The van der Waals surface area contributed by atoms with Crippen LogP contribution in [0, 0.1) is 6.92 Å². The van der Waals surface area contributed by atoms with Crippen molar-refractivity contribution in [2.24, 2.45) is 0 Å². The average Bonchev–Trinajstić information content (AvgIpc) is 2.58. The van der Waals surface area contributed by atoms with Gasteiger partial charge in [-0.1, -0.05) is 5.16 Å². The molecule has 0 saturated carbocycles. The van der Waals surface area contributed by atoms with Crippen LogP contribution >= 0.6 is 0 Å². The molecule has 0 aliphatic heterocycles. The summed E-state index contributed by atoms with van der Waals surface area (Å²) in [6, 6.07) is 0. The molecule has 1 rings (SSSR count). The van der Waals surface area contributed by atoms with E-state index in [1.54, 1.807) is 6.92 Å². The maximum absolute atomic E-state index is 10.7. The number of esters is 1. The number of carbonyl (C=O) groups is 1. The normalized spacial score (nSPS) is 10.1. The maximum atomic E-state index is 10.7. The summed E-state index contributed by atoms with van der Waals surface area (Å²) in [5, 5.41) is 6.61. The predicted molar refractivity (Wildman–Crippen MR) is 47.6 cm³/mol. The smallest absolute Gasteiger partial charge is 0.319 e. The van der Waals surface area contributed by atoms with Gasteiger partial charge in [-0.05, 0) is 0 Å². The van der Waals surface area contributed by atoms with Crippen LogP contribution in [0.3, 0.4) is 0 Å². The fraction of sp³-hybridized carbons (Fsp3) is 0.625. The Morgan fingerprint density at radius 1 is 1.64 bits per heavy atom. The van der Waals surface area contributed by atoms with Crippen LogP contribution in [0.1, 0.15) is 11.7 Å². The minimum atomic E-state index is -0.283. The summed E-state index contributed by atoms with van der Waals surface area (Å²) in [4.78, 5) is 14.7. The molecule has 6 heteroatoms. The van der Waals surface area contributed by atoms with Gasteiger partial charge in [0.15, 0.2) is 5.82 Å². The van der Waals surface area contributed by atoms with Crippen molar-refractivity contribution in [3.63, 3.8) is 0 Å². The lowest BCUT2D eigenvalue weighted by Gasteiger charge is -1.99. The number of methoxy groups -OCH3 is 1. The van der Waals surface area contributed by atoms with Crippen molar-refractivity contribution < 1.29 is 14.1 Å². The Morgan fingerprint density at radius 3 is 3.00 bits per heavy atom. The van der Waals surface area contributed by atoms with E-state index in [1.165, 1.54) is 7.11 Å². The molecule has 0 aliphatic rings. The fourth-order valence-corrected chi connectivity index (χ4v) is 0.906. The van der Waals surface area contributed by atoms with Gasteiger partial charge in [0.05, 0.1) is 13.7 Å². The number of hydrogen-bond donors (Lipinski definition) is 1. The molecule has 0 amide bonds. The Kier molecular flexibility index (Phi) is 4.06. The molecule has 1 heterocycles. The lowest BCUT2D eigenvalue weighted by molar-refractivity contribution is -0.139. The van der Waals surface area contributed by atoms with Crippen molar-refractivity contribution >= 4 is 5.97 Å². The molecule has 0 fully saturated rings. The van der Waals surface area contributed by atoms with Gasteiger partial charge in [0.2, 0.25) is 5.89 Å². The highest BCUT2D eigenvalue weighted by molar-refractivity contribution is 5.71. The monoisotopic (exact) mass is 199 g/mol. The van der Waals surface area contributed by atoms with Crippen LogP contribution in [0.5, 0.6) is 0 Å². The first-order valence-electron chi connectivity index (χ1n) is 4.29. The molecule has 0 aromatic carbocycles. The molecule has 78 valence electrons. The van der Waals surface area contributed by atoms with Crippen LogP contribution in [0.15, 0.2) is 4.52 Å². The third kappa shape index (κ3) is 3.53. The zero-order chi connectivity index (χ0) is 10.4. The van der Waals surface area contributed by atoms with E-state index in [-0.39, 0.29) is 12.5 Å². The van der Waals surface area contributed by atoms with E-state index in [9.17, 15) is 4.79 Å². The van der Waals surface area contributed by atoms with Gasteiger partial charge >= 0.3 is 5.97 Å². The van der Waals surface area contributed by atoms with Crippen molar-refractivity contribution in [3.05, 3.63) is 11.7 Å². The average molecular weight is 199 g/mol. The molecule has 0 spiro atoms. The van der Waals surface area contributed by atoms with E-state index in [2.05, 4.69) is 20.2 Å². The van der Waals surface area contributed by atoms with E-state index in [0.29, 0.717) is 24.7 Å². The van der Waals surface area contributed by atoms with Gasteiger partial charge in [-0.2, -0.15) is 4.98 Å². The van der Waals surface area contributed by atoms with E-state index in [0.717, 1.165) is 0 Å². The molecule has 1 N–H and O–H groups in total. The molecule has 1 aromatic heterocycles. The van der Waals surface area contributed by atoms with Gasteiger partial charge in [-0.15, -0.1) is 0 Å². The third-order valence-electron chi connectivity index (χ3n) is 1.59. The number of nitrogens with one attached hydrogen (secondary N) is 1. The second-order valence-electron chi connectivity index (χ2n) is 2.73. The summed E-state index contributed by atoms with van der Waals surface area (Å²) in [6.45, 7) is 2.56. The van der Waals surface area contributed by atoms with Gasteiger partial charge in [-0.25, -0.2) is 0 Å². The fourth-order valence-electron chi connectivity index (χ4n) is 0.906. The zero-order valence-electron chi connectivity index (χ0n) is 8.24. The molecular weight excluding hydrogens is 186 g/mol. The summed E-state index contributed by atoms with van der Waals surface area (Å²) >= 11 is 0. The van der Waals surface area contributed by atoms with Crippen LogP contribution in [0.2, 0.25) is 0 Å². The Balaban J connectivity index is 2.13. The van der Waals surface area contributed by atoms with Crippen LogP contribution in [-0.2, 0) is 16.0 Å². The molecular formula is C8H13N3O3. The second kappa shape index (κ2) is 5.33. The molecule has 1 aromatic rings. The predicted octanol–water partition coefficient (Wildman–Crippen LogP) is -0.317. The summed E-state index contributed by atoms with van der Waals surface area (Å²) in [5.74, 6) is 0.905. The highest BCUT2D eigenvalue weighted by atomic mass is 16.5. The lowest BCUT2D eigenvalue weighted by Crippen LogP contribution is -2.26. The van der Waals surface area contributed by atoms with Crippen molar-refractivity contribution in [1.29, 1.82) is 0 Å². The number of carbonyl (C=O) groups excluding carboxylic acids is 1.